The van der Waals surface area contributed by atoms with Crippen molar-refractivity contribution in [3.05, 3.63) is 64.1 Å². The summed E-state index contributed by atoms with van der Waals surface area (Å²) in [6.45, 7) is 0.166. The number of methoxy groups -OCH3 is 1. The van der Waals surface area contributed by atoms with E-state index in [2.05, 4.69) is 32.6 Å². The van der Waals surface area contributed by atoms with E-state index in [1.54, 1.807) is 25.3 Å². The van der Waals surface area contributed by atoms with Gasteiger partial charge in [0.2, 0.25) is 5.91 Å². The summed E-state index contributed by atoms with van der Waals surface area (Å²) in [6, 6.07) is 15.6. The fourth-order valence-corrected chi connectivity index (χ4v) is 4.39. The number of alkyl carbamates (subject to hydrolysis) is 1. The van der Waals surface area contributed by atoms with Gasteiger partial charge in [-0.2, -0.15) is 5.26 Å². The van der Waals surface area contributed by atoms with Crippen molar-refractivity contribution in [2.75, 3.05) is 7.11 Å². The minimum Gasteiger partial charge on any atom is -0.496 e. The van der Waals surface area contributed by atoms with Crippen LogP contribution in [0.3, 0.4) is 0 Å². The molecule has 1 fully saturated rings. The van der Waals surface area contributed by atoms with Crippen LogP contribution in [0.1, 0.15) is 42.9 Å². The van der Waals surface area contributed by atoms with Crippen molar-refractivity contribution in [3.63, 3.8) is 0 Å². The molecule has 0 radical (unpaired) electrons. The zero-order valence-electron chi connectivity index (χ0n) is 17.8. The van der Waals surface area contributed by atoms with Gasteiger partial charge in [-0.25, -0.2) is 4.79 Å². The summed E-state index contributed by atoms with van der Waals surface area (Å²) < 4.78 is 11.2. The van der Waals surface area contributed by atoms with Gasteiger partial charge in [0.15, 0.2) is 0 Å². The smallest absolute Gasteiger partial charge is 0.407 e. The third-order valence-electron chi connectivity index (χ3n) is 5.54. The first-order chi connectivity index (χ1) is 15.5. The number of ether oxygens (including phenoxy) is 2. The Morgan fingerprint density at radius 2 is 1.94 bits per heavy atom. The van der Waals surface area contributed by atoms with Gasteiger partial charge >= 0.3 is 6.09 Å². The van der Waals surface area contributed by atoms with Gasteiger partial charge in [-0.15, -0.1) is 0 Å². The van der Waals surface area contributed by atoms with Crippen LogP contribution >= 0.6 is 15.9 Å². The van der Waals surface area contributed by atoms with E-state index < -0.39 is 18.1 Å². The monoisotopic (exact) mass is 499 g/mol. The van der Waals surface area contributed by atoms with E-state index in [0.29, 0.717) is 28.6 Å². The van der Waals surface area contributed by atoms with Crippen LogP contribution in [-0.2, 0) is 16.1 Å². The maximum Gasteiger partial charge on any atom is 0.407 e. The first kappa shape index (κ1) is 23.6. The van der Waals surface area contributed by atoms with Crippen LogP contribution < -0.4 is 15.4 Å². The van der Waals surface area contributed by atoms with Crippen molar-refractivity contribution < 1.29 is 19.1 Å². The van der Waals surface area contributed by atoms with Gasteiger partial charge in [0.25, 0.3) is 0 Å². The van der Waals surface area contributed by atoms with E-state index in [1.807, 2.05) is 30.3 Å². The van der Waals surface area contributed by atoms with Gasteiger partial charge in [-0.1, -0.05) is 49.2 Å². The Balaban J connectivity index is 1.61. The molecule has 0 heterocycles. The fraction of sp³-hybridized carbons (Fsp3) is 0.375. The van der Waals surface area contributed by atoms with Crippen LogP contribution in [0.15, 0.2) is 53.0 Å². The summed E-state index contributed by atoms with van der Waals surface area (Å²) in [7, 11) is 1.56. The summed E-state index contributed by atoms with van der Waals surface area (Å²) in [5, 5.41) is 15.3. The molecular weight excluding hydrogens is 474 g/mol. The lowest BCUT2D eigenvalue weighted by molar-refractivity contribution is -0.127. The van der Waals surface area contributed by atoms with Crippen LogP contribution in [0.2, 0.25) is 0 Å². The first-order valence-corrected chi connectivity index (χ1v) is 11.3. The molecule has 168 valence electrons. The number of amides is 2. The Kier molecular flexibility index (Phi) is 8.51. The predicted octanol–water partition coefficient (Wildman–Crippen LogP) is 4.62. The average Bonchev–Trinajstić information content (AvgIpc) is 2.82. The molecule has 8 heteroatoms. The van der Waals surface area contributed by atoms with Crippen LogP contribution in [-0.4, -0.2) is 25.2 Å². The number of nitriles is 1. The molecule has 1 aliphatic carbocycles. The lowest BCUT2D eigenvalue weighted by Crippen LogP contribution is -2.49. The molecule has 3 rings (SSSR count). The van der Waals surface area contributed by atoms with Gasteiger partial charge in [0.1, 0.15) is 18.4 Å². The predicted molar refractivity (Wildman–Crippen MR) is 123 cm³/mol. The van der Waals surface area contributed by atoms with E-state index >= 15 is 0 Å². The maximum atomic E-state index is 13.0. The highest BCUT2D eigenvalue weighted by Crippen LogP contribution is 2.29. The molecule has 2 N–H and O–H groups in total. The number of halogens is 1. The number of rotatable bonds is 7. The van der Waals surface area contributed by atoms with Crippen molar-refractivity contribution in [2.45, 2.75) is 44.4 Å². The van der Waals surface area contributed by atoms with Gasteiger partial charge in [0.05, 0.1) is 23.6 Å². The molecular formula is C24H26BrN3O4. The van der Waals surface area contributed by atoms with Gasteiger partial charge in [-0.05, 0) is 52.0 Å². The summed E-state index contributed by atoms with van der Waals surface area (Å²) in [5.74, 6) is -0.0376. The molecule has 2 aromatic rings. The Hall–Kier alpha value is -3.05. The number of carbonyl (C=O) groups is 2. The second kappa shape index (κ2) is 11.5. The third-order valence-corrected chi connectivity index (χ3v) is 6.16. The molecule has 1 aliphatic rings. The van der Waals surface area contributed by atoms with E-state index in [4.69, 9.17) is 9.47 Å². The van der Waals surface area contributed by atoms with Crippen molar-refractivity contribution in [2.24, 2.45) is 5.92 Å². The van der Waals surface area contributed by atoms with Gasteiger partial charge in [-0.3, -0.25) is 4.79 Å². The molecule has 2 amide bonds. The molecule has 0 spiro atoms. The second-order valence-corrected chi connectivity index (χ2v) is 8.52. The molecule has 0 bridgehead atoms. The number of hydrogen-bond acceptors (Lipinski definition) is 5. The number of carbonyl (C=O) groups excluding carboxylic acids is 2. The lowest BCUT2D eigenvalue weighted by Gasteiger charge is -2.31. The standard InChI is InChI=1S/C24H26BrN3O4/c1-31-22-12-11-17(13-19(22)25)21(14-26)27-23(29)18-9-5-6-10-20(18)28-24(30)32-15-16-7-3-2-4-8-16/h2-4,7-8,11-13,18,20-21H,5-6,9-10,15H2,1H3,(H,27,29)(H,28,30)/t18-,20-,21?/m1/s1. The zero-order valence-corrected chi connectivity index (χ0v) is 19.4. The van der Waals surface area contributed by atoms with Crippen LogP contribution in [0.5, 0.6) is 5.75 Å². The van der Waals surface area contributed by atoms with E-state index in [9.17, 15) is 14.9 Å². The quantitative estimate of drug-likeness (QED) is 0.578. The summed E-state index contributed by atoms with van der Waals surface area (Å²) >= 11 is 3.41. The molecule has 0 aliphatic heterocycles. The maximum absolute atomic E-state index is 13.0. The highest BCUT2D eigenvalue weighted by atomic mass is 79.9. The lowest BCUT2D eigenvalue weighted by atomic mass is 9.83. The molecule has 7 nitrogen and oxygen atoms in total. The minimum absolute atomic E-state index is 0.166. The first-order valence-electron chi connectivity index (χ1n) is 10.5. The van der Waals surface area contributed by atoms with Crippen LogP contribution in [0.4, 0.5) is 4.79 Å². The highest BCUT2D eigenvalue weighted by Gasteiger charge is 2.33. The highest BCUT2D eigenvalue weighted by molar-refractivity contribution is 9.10. The summed E-state index contributed by atoms with van der Waals surface area (Å²) in [4.78, 5) is 25.3. The molecule has 1 unspecified atom stereocenters. The SMILES string of the molecule is COc1ccc(C(C#N)NC(=O)[C@@H]2CCCC[C@H]2NC(=O)OCc2ccccc2)cc1Br. The van der Waals surface area contributed by atoms with E-state index in [-0.39, 0.29) is 18.6 Å². The molecule has 2 aromatic carbocycles. The second-order valence-electron chi connectivity index (χ2n) is 7.67. The Morgan fingerprint density at radius 3 is 2.62 bits per heavy atom. The molecule has 1 saturated carbocycles. The largest absolute Gasteiger partial charge is 0.496 e. The third kappa shape index (κ3) is 6.24. The zero-order chi connectivity index (χ0) is 22.9. The topological polar surface area (TPSA) is 100 Å². The number of hydrogen-bond donors (Lipinski definition) is 2. The molecule has 0 aromatic heterocycles. The number of benzene rings is 2. The van der Waals surface area contributed by atoms with Gasteiger partial charge in [0, 0.05) is 6.04 Å². The van der Waals surface area contributed by atoms with Gasteiger partial charge < -0.3 is 20.1 Å². The Morgan fingerprint density at radius 1 is 1.19 bits per heavy atom. The van der Waals surface area contributed by atoms with Crippen LogP contribution in [0, 0.1) is 17.2 Å². The number of nitrogens with zero attached hydrogens (tertiary/aromatic N) is 1. The van der Waals surface area contributed by atoms with E-state index in [1.165, 1.54) is 0 Å². The normalized spacial score (nSPS) is 18.7. The summed E-state index contributed by atoms with van der Waals surface area (Å²) in [5.41, 5.74) is 1.54. The average molecular weight is 500 g/mol. The van der Waals surface area contributed by atoms with Crippen LogP contribution in [0.25, 0.3) is 0 Å². The fourth-order valence-electron chi connectivity index (χ4n) is 3.84. The van der Waals surface area contributed by atoms with Crippen molar-refractivity contribution >= 4 is 27.9 Å². The molecule has 32 heavy (non-hydrogen) atoms. The summed E-state index contributed by atoms with van der Waals surface area (Å²) in [6.07, 6.45) is 2.58. The minimum atomic E-state index is -0.808. The Bertz CT molecular complexity index is 977. The molecule has 3 atom stereocenters. The van der Waals surface area contributed by atoms with Crippen molar-refractivity contribution in [1.29, 1.82) is 5.26 Å². The van der Waals surface area contributed by atoms with Crippen molar-refractivity contribution in [3.8, 4) is 11.8 Å². The number of nitrogens with one attached hydrogen (secondary N) is 2. The van der Waals surface area contributed by atoms with Crippen molar-refractivity contribution in [1.82, 2.24) is 10.6 Å². The van der Waals surface area contributed by atoms with E-state index in [0.717, 1.165) is 18.4 Å². The molecule has 0 saturated heterocycles. The Labute approximate surface area is 196 Å².